The van der Waals surface area contributed by atoms with Gasteiger partial charge in [-0.1, -0.05) is 12.1 Å². The predicted octanol–water partition coefficient (Wildman–Crippen LogP) is 1.45. The summed E-state index contributed by atoms with van der Waals surface area (Å²) in [4.78, 5) is 32.1. The number of aryl methyl sites for hydroxylation is 1. The highest BCUT2D eigenvalue weighted by atomic mass is 16.5. The lowest BCUT2D eigenvalue weighted by molar-refractivity contribution is -0.117. The number of aromatic amines is 1. The van der Waals surface area contributed by atoms with Gasteiger partial charge < -0.3 is 19.9 Å². The molecule has 1 aliphatic rings. The summed E-state index contributed by atoms with van der Waals surface area (Å²) in [6.45, 7) is 5.89. The molecule has 2 aromatic rings. The van der Waals surface area contributed by atoms with Gasteiger partial charge in [-0.05, 0) is 25.6 Å². The van der Waals surface area contributed by atoms with Crippen molar-refractivity contribution in [2.24, 2.45) is 0 Å². The fourth-order valence-electron chi connectivity index (χ4n) is 3.19. The number of aromatic nitrogens is 1. The standard InChI is InChI=1S/C18H24N4O3/c1-12-5-4-6-13-15(12)16(17(19-13)18(24)25-3)20-14(23)11-22-9-7-21(2)8-10-22/h4-6,19H,7-11H2,1-3H3,(H,20,23). The molecule has 1 aromatic carbocycles. The summed E-state index contributed by atoms with van der Waals surface area (Å²) >= 11 is 0. The zero-order valence-corrected chi connectivity index (χ0v) is 14.9. The fraction of sp³-hybridized carbons (Fsp3) is 0.444. The minimum absolute atomic E-state index is 0.126. The summed E-state index contributed by atoms with van der Waals surface area (Å²) in [5.74, 6) is -0.621. The van der Waals surface area contributed by atoms with Crippen molar-refractivity contribution in [3.05, 3.63) is 29.5 Å². The quantitative estimate of drug-likeness (QED) is 0.821. The molecule has 1 aliphatic heterocycles. The molecule has 134 valence electrons. The van der Waals surface area contributed by atoms with Gasteiger partial charge in [-0.2, -0.15) is 0 Å². The second kappa shape index (κ2) is 7.25. The number of nitrogens with zero attached hydrogens (tertiary/aromatic N) is 2. The number of H-pyrrole nitrogens is 1. The summed E-state index contributed by atoms with van der Waals surface area (Å²) in [5, 5.41) is 3.76. The largest absolute Gasteiger partial charge is 0.464 e. The van der Waals surface area contributed by atoms with Gasteiger partial charge in [0.25, 0.3) is 0 Å². The van der Waals surface area contributed by atoms with Crippen molar-refractivity contribution in [3.8, 4) is 0 Å². The second-order valence-corrected chi connectivity index (χ2v) is 6.49. The first kappa shape index (κ1) is 17.4. The molecule has 0 bridgehead atoms. The number of esters is 1. The average molecular weight is 344 g/mol. The SMILES string of the molecule is COC(=O)c1[nH]c2cccc(C)c2c1NC(=O)CN1CCN(C)CC1. The maximum absolute atomic E-state index is 12.5. The molecular weight excluding hydrogens is 320 g/mol. The first-order chi connectivity index (χ1) is 12.0. The number of hydrogen-bond donors (Lipinski definition) is 2. The fourth-order valence-corrected chi connectivity index (χ4v) is 3.19. The monoisotopic (exact) mass is 344 g/mol. The number of piperazine rings is 1. The van der Waals surface area contributed by atoms with Crippen molar-refractivity contribution < 1.29 is 14.3 Å². The van der Waals surface area contributed by atoms with E-state index in [0.717, 1.165) is 42.6 Å². The molecule has 3 rings (SSSR count). The molecule has 7 nitrogen and oxygen atoms in total. The van der Waals surface area contributed by atoms with Gasteiger partial charge in [0, 0.05) is 37.1 Å². The van der Waals surface area contributed by atoms with Crippen LogP contribution in [0.2, 0.25) is 0 Å². The van der Waals surface area contributed by atoms with Gasteiger partial charge in [-0.25, -0.2) is 4.79 Å². The summed E-state index contributed by atoms with van der Waals surface area (Å²) in [6, 6.07) is 5.74. The van der Waals surface area contributed by atoms with Crippen molar-refractivity contribution in [1.82, 2.24) is 14.8 Å². The number of amides is 1. The zero-order chi connectivity index (χ0) is 18.0. The number of benzene rings is 1. The Morgan fingerprint density at radius 1 is 1.24 bits per heavy atom. The number of fused-ring (bicyclic) bond motifs is 1. The van der Waals surface area contributed by atoms with Crippen LogP contribution in [0.5, 0.6) is 0 Å². The number of ether oxygens (including phenoxy) is 1. The highest BCUT2D eigenvalue weighted by Crippen LogP contribution is 2.31. The number of methoxy groups -OCH3 is 1. The number of likely N-dealkylation sites (N-methyl/N-ethyl adjacent to an activating group) is 1. The molecule has 1 saturated heterocycles. The van der Waals surface area contributed by atoms with E-state index < -0.39 is 5.97 Å². The normalized spacial score (nSPS) is 16.1. The first-order valence-corrected chi connectivity index (χ1v) is 8.40. The van der Waals surface area contributed by atoms with E-state index in [-0.39, 0.29) is 11.6 Å². The molecule has 0 atom stereocenters. The number of carbonyl (C=O) groups excluding carboxylic acids is 2. The number of anilines is 1. The Morgan fingerprint density at radius 2 is 1.96 bits per heavy atom. The van der Waals surface area contributed by atoms with Crippen molar-refractivity contribution in [3.63, 3.8) is 0 Å². The summed E-state index contributed by atoms with van der Waals surface area (Å²) < 4.78 is 4.85. The molecule has 7 heteroatoms. The van der Waals surface area contributed by atoms with Gasteiger partial charge in [0.1, 0.15) is 5.69 Å². The van der Waals surface area contributed by atoms with Crippen LogP contribution < -0.4 is 5.32 Å². The Kier molecular flexibility index (Phi) is 5.06. The molecule has 0 saturated carbocycles. The lowest BCUT2D eigenvalue weighted by atomic mass is 10.1. The van der Waals surface area contributed by atoms with E-state index in [1.165, 1.54) is 7.11 Å². The highest BCUT2D eigenvalue weighted by molar-refractivity contribution is 6.12. The maximum atomic E-state index is 12.5. The number of nitrogens with one attached hydrogen (secondary N) is 2. The van der Waals surface area contributed by atoms with Crippen LogP contribution in [0.25, 0.3) is 10.9 Å². The molecule has 2 heterocycles. The summed E-state index contributed by atoms with van der Waals surface area (Å²) in [5.41, 5.74) is 2.56. The Balaban J connectivity index is 1.84. The topological polar surface area (TPSA) is 77.7 Å². The summed E-state index contributed by atoms with van der Waals surface area (Å²) in [7, 11) is 3.41. The van der Waals surface area contributed by atoms with Gasteiger partial charge in [0.05, 0.1) is 19.3 Å². The molecule has 0 aliphatic carbocycles. The van der Waals surface area contributed by atoms with Crippen molar-refractivity contribution in [2.45, 2.75) is 6.92 Å². The third-order valence-corrected chi connectivity index (χ3v) is 4.65. The third kappa shape index (κ3) is 3.67. The molecule has 1 aromatic heterocycles. The Hall–Kier alpha value is -2.38. The van der Waals surface area contributed by atoms with Crippen LogP contribution in [0.15, 0.2) is 18.2 Å². The summed E-state index contributed by atoms with van der Waals surface area (Å²) in [6.07, 6.45) is 0. The van der Waals surface area contributed by atoms with E-state index in [9.17, 15) is 9.59 Å². The van der Waals surface area contributed by atoms with Gasteiger partial charge in [-0.15, -0.1) is 0 Å². The molecule has 25 heavy (non-hydrogen) atoms. The number of hydrogen-bond acceptors (Lipinski definition) is 5. The molecule has 2 N–H and O–H groups in total. The predicted molar refractivity (Wildman–Crippen MR) is 96.9 cm³/mol. The van der Waals surface area contributed by atoms with Crippen molar-refractivity contribution in [1.29, 1.82) is 0 Å². The van der Waals surface area contributed by atoms with E-state index in [0.29, 0.717) is 12.2 Å². The van der Waals surface area contributed by atoms with Crippen LogP contribution >= 0.6 is 0 Å². The molecule has 0 radical (unpaired) electrons. The number of rotatable bonds is 4. The lowest BCUT2D eigenvalue weighted by Gasteiger charge is -2.31. The van der Waals surface area contributed by atoms with E-state index in [4.69, 9.17) is 4.74 Å². The van der Waals surface area contributed by atoms with Crippen LogP contribution in [-0.2, 0) is 9.53 Å². The molecule has 1 fully saturated rings. The zero-order valence-electron chi connectivity index (χ0n) is 14.9. The molecule has 1 amide bonds. The van der Waals surface area contributed by atoms with Crippen molar-refractivity contribution in [2.75, 3.05) is 52.2 Å². The lowest BCUT2D eigenvalue weighted by Crippen LogP contribution is -2.47. The van der Waals surface area contributed by atoms with Crippen LogP contribution in [0.3, 0.4) is 0 Å². The smallest absolute Gasteiger partial charge is 0.356 e. The molecule has 0 spiro atoms. The minimum Gasteiger partial charge on any atom is -0.464 e. The maximum Gasteiger partial charge on any atom is 0.356 e. The third-order valence-electron chi connectivity index (χ3n) is 4.65. The van der Waals surface area contributed by atoms with Crippen LogP contribution in [0, 0.1) is 6.92 Å². The molecular formula is C18H24N4O3. The van der Waals surface area contributed by atoms with Gasteiger partial charge in [-0.3, -0.25) is 9.69 Å². The van der Waals surface area contributed by atoms with E-state index >= 15 is 0 Å². The van der Waals surface area contributed by atoms with Gasteiger partial charge >= 0.3 is 5.97 Å². The van der Waals surface area contributed by atoms with E-state index in [1.54, 1.807) is 0 Å². The Labute approximate surface area is 146 Å². The van der Waals surface area contributed by atoms with Crippen LogP contribution in [0.4, 0.5) is 5.69 Å². The first-order valence-electron chi connectivity index (χ1n) is 8.40. The highest BCUT2D eigenvalue weighted by Gasteiger charge is 2.23. The molecule has 0 unspecified atom stereocenters. The number of carbonyl (C=O) groups is 2. The second-order valence-electron chi connectivity index (χ2n) is 6.49. The van der Waals surface area contributed by atoms with E-state index in [1.807, 2.05) is 25.1 Å². The Morgan fingerprint density at radius 3 is 2.64 bits per heavy atom. The van der Waals surface area contributed by atoms with Gasteiger partial charge in [0.2, 0.25) is 5.91 Å². The minimum atomic E-state index is -0.495. The van der Waals surface area contributed by atoms with Crippen LogP contribution in [0.1, 0.15) is 16.1 Å². The van der Waals surface area contributed by atoms with Crippen molar-refractivity contribution >= 4 is 28.5 Å². The van der Waals surface area contributed by atoms with Crippen LogP contribution in [-0.4, -0.2) is 73.5 Å². The van der Waals surface area contributed by atoms with Gasteiger partial charge in [0.15, 0.2) is 0 Å². The Bertz CT molecular complexity index is 791. The average Bonchev–Trinajstić information content (AvgIpc) is 2.96. The van der Waals surface area contributed by atoms with E-state index in [2.05, 4.69) is 27.1 Å².